The maximum atomic E-state index is 13.3. The molecule has 1 amide bonds. The van der Waals surface area contributed by atoms with Gasteiger partial charge in [0.2, 0.25) is 0 Å². The molecule has 0 aliphatic heterocycles. The highest BCUT2D eigenvalue weighted by Gasteiger charge is 2.13. The molecule has 16 heavy (non-hydrogen) atoms. The molecule has 0 spiro atoms. The molecule has 88 valence electrons. The third-order valence-corrected chi connectivity index (χ3v) is 2.61. The van der Waals surface area contributed by atoms with E-state index in [1.54, 1.807) is 0 Å². The number of carbonyl (C=O) groups excluding carboxylic acids is 1. The number of hydrogen-bond acceptors (Lipinski definition) is 4. The number of nitrogens with one attached hydrogen (secondary N) is 1. The number of nitrogens with two attached hydrogens (primary N) is 1. The summed E-state index contributed by atoms with van der Waals surface area (Å²) in [5, 5.41) is 2.44. The van der Waals surface area contributed by atoms with Crippen LogP contribution in [0.2, 0.25) is 0 Å². The summed E-state index contributed by atoms with van der Waals surface area (Å²) in [5.41, 5.74) is 5.06. The first kappa shape index (κ1) is 12.6. The third-order valence-electron chi connectivity index (χ3n) is 1.84. The van der Waals surface area contributed by atoms with Gasteiger partial charge in [-0.15, -0.1) is 0 Å². The maximum absolute atomic E-state index is 13.3. The summed E-state index contributed by atoms with van der Waals surface area (Å²) in [7, 11) is -0.994. The Morgan fingerprint density at radius 3 is 3.00 bits per heavy atom. The van der Waals surface area contributed by atoms with E-state index in [9.17, 15) is 13.4 Å². The fraction of sp³-hybridized carbons (Fsp3) is 0.333. The smallest absolute Gasteiger partial charge is 0.254 e. The molecule has 0 fully saturated rings. The summed E-state index contributed by atoms with van der Waals surface area (Å²) >= 11 is 0. The molecule has 1 aromatic heterocycles. The topological polar surface area (TPSA) is 85.1 Å². The Kier molecular flexibility index (Phi) is 4.36. The molecular weight excluding hydrogens is 233 g/mol. The van der Waals surface area contributed by atoms with Crippen LogP contribution in [-0.2, 0) is 10.8 Å². The summed E-state index contributed by atoms with van der Waals surface area (Å²) in [5.74, 6) is -1.41. The summed E-state index contributed by atoms with van der Waals surface area (Å²) in [4.78, 5) is 15.0. The first-order valence-corrected chi connectivity index (χ1v) is 6.23. The van der Waals surface area contributed by atoms with Gasteiger partial charge in [0.1, 0.15) is 0 Å². The minimum atomic E-state index is -0.994. The molecule has 1 unspecified atom stereocenters. The fourth-order valence-corrected chi connectivity index (χ4v) is 1.43. The van der Waals surface area contributed by atoms with E-state index in [1.807, 2.05) is 0 Å². The number of amides is 1. The Morgan fingerprint density at radius 2 is 2.38 bits per heavy atom. The van der Waals surface area contributed by atoms with Crippen LogP contribution in [0.1, 0.15) is 10.4 Å². The van der Waals surface area contributed by atoms with E-state index in [0.717, 1.165) is 0 Å². The molecule has 0 radical (unpaired) electrons. The van der Waals surface area contributed by atoms with E-state index in [-0.39, 0.29) is 17.9 Å². The predicted molar refractivity (Wildman–Crippen MR) is 59.9 cm³/mol. The number of carbonyl (C=O) groups is 1. The molecule has 1 aromatic rings. The van der Waals surface area contributed by atoms with Gasteiger partial charge in [-0.2, -0.15) is 0 Å². The molecule has 0 bridgehead atoms. The SMILES string of the molecule is CS(=O)CCNC(=O)c1ccnc(N)c1F. The molecule has 0 aromatic carbocycles. The van der Waals surface area contributed by atoms with Gasteiger partial charge in [0, 0.05) is 35.5 Å². The normalized spacial score (nSPS) is 12.1. The van der Waals surface area contributed by atoms with Crippen molar-refractivity contribution in [2.45, 2.75) is 0 Å². The van der Waals surface area contributed by atoms with Crippen LogP contribution in [0.4, 0.5) is 10.2 Å². The predicted octanol–water partition coefficient (Wildman–Crippen LogP) is -0.0888. The summed E-state index contributed by atoms with van der Waals surface area (Å²) in [6.07, 6.45) is 2.78. The van der Waals surface area contributed by atoms with Crippen molar-refractivity contribution in [2.24, 2.45) is 0 Å². The van der Waals surface area contributed by atoms with Crippen LogP contribution in [0.3, 0.4) is 0 Å². The van der Waals surface area contributed by atoms with Gasteiger partial charge in [0.25, 0.3) is 5.91 Å². The van der Waals surface area contributed by atoms with Gasteiger partial charge in [-0.1, -0.05) is 0 Å². The van der Waals surface area contributed by atoms with Crippen molar-refractivity contribution in [3.63, 3.8) is 0 Å². The summed E-state index contributed by atoms with van der Waals surface area (Å²) < 4.78 is 24.1. The van der Waals surface area contributed by atoms with Crippen LogP contribution in [0.25, 0.3) is 0 Å². The highest BCUT2D eigenvalue weighted by molar-refractivity contribution is 7.84. The van der Waals surface area contributed by atoms with E-state index >= 15 is 0 Å². The zero-order chi connectivity index (χ0) is 12.1. The summed E-state index contributed by atoms with van der Waals surface area (Å²) in [6.45, 7) is 0.226. The maximum Gasteiger partial charge on any atom is 0.254 e. The van der Waals surface area contributed by atoms with Gasteiger partial charge in [-0.3, -0.25) is 9.00 Å². The average molecular weight is 245 g/mol. The Bertz CT molecular complexity index is 425. The minimum Gasteiger partial charge on any atom is -0.381 e. The van der Waals surface area contributed by atoms with Crippen molar-refractivity contribution in [1.82, 2.24) is 10.3 Å². The molecule has 0 saturated heterocycles. The number of rotatable bonds is 4. The van der Waals surface area contributed by atoms with Crippen LogP contribution in [-0.4, -0.2) is 33.7 Å². The quantitative estimate of drug-likeness (QED) is 0.776. The first-order valence-electron chi connectivity index (χ1n) is 4.50. The molecule has 0 aliphatic carbocycles. The number of halogens is 1. The lowest BCUT2D eigenvalue weighted by Gasteiger charge is -2.05. The molecule has 3 N–H and O–H groups in total. The van der Waals surface area contributed by atoms with Crippen molar-refractivity contribution in [3.05, 3.63) is 23.6 Å². The lowest BCUT2D eigenvalue weighted by atomic mass is 10.2. The third kappa shape index (κ3) is 3.27. The fourth-order valence-electron chi connectivity index (χ4n) is 1.04. The molecule has 1 atom stereocenters. The Balaban J connectivity index is 2.66. The highest BCUT2D eigenvalue weighted by atomic mass is 32.2. The molecule has 0 aliphatic rings. The number of aromatic nitrogens is 1. The number of pyridine rings is 1. The standard InChI is InChI=1S/C9H12FN3O2S/c1-16(15)5-4-13-9(14)6-2-3-12-8(11)7(6)10/h2-3H,4-5H2,1H3,(H2,11,12)(H,13,14). The van der Waals surface area contributed by atoms with Crippen molar-refractivity contribution >= 4 is 22.5 Å². The van der Waals surface area contributed by atoms with Gasteiger partial charge >= 0.3 is 0 Å². The van der Waals surface area contributed by atoms with Gasteiger partial charge < -0.3 is 11.1 Å². The van der Waals surface area contributed by atoms with E-state index in [0.29, 0.717) is 5.75 Å². The van der Waals surface area contributed by atoms with E-state index in [2.05, 4.69) is 10.3 Å². The van der Waals surface area contributed by atoms with Crippen molar-refractivity contribution in [1.29, 1.82) is 0 Å². The number of anilines is 1. The number of hydrogen-bond donors (Lipinski definition) is 2. The summed E-state index contributed by atoms with van der Waals surface area (Å²) in [6, 6.07) is 1.24. The van der Waals surface area contributed by atoms with Gasteiger partial charge in [-0.25, -0.2) is 9.37 Å². The van der Waals surface area contributed by atoms with Gasteiger partial charge in [-0.05, 0) is 6.07 Å². The highest BCUT2D eigenvalue weighted by Crippen LogP contribution is 2.11. The Morgan fingerprint density at radius 1 is 1.69 bits per heavy atom. The van der Waals surface area contributed by atoms with E-state index < -0.39 is 22.5 Å². The van der Waals surface area contributed by atoms with Crippen LogP contribution < -0.4 is 11.1 Å². The lowest BCUT2D eigenvalue weighted by molar-refractivity contribution is 0.0952. The molecule has 1 heterocycles. The van der Waals surface area contributed by atoms with Crippen LogP contribution >= 0.6 is 0 Å². The number of nitrogen functional groups attached to an aromatic ring is 1. The van der Waals surface area contributed by atoms with Crippen LogP contribution in [0.15, 0.2) is 12.3 Å². The second-order valence-corrected chi connectivity index (χ2v) is 4.65. The van der Waals surface area contributed by atoms with Crippen molar-refractivity contribution in [3.8, 4) is 0 Å². The molecular formula is C9H12FN3O2S. The monoisotopic (exact) mass is 245 g/mol. The zero-order valence-electron chi connectivity index (χ0n) is 8.70. The zero-order valence-corrected chi connectivity index (χ0v) is 9.51. The molecule has 5 nitrogen and oxygen atoms in total. The van der Waals surface area contributed by atoms with E-state index in [4.69, 9.17) is 5.73 Å². The Labute approximate surface area is 94.7 Å². The molecule has 7 heteroatoms. The lowest BCUT2D eigenvalue weighted by Crippen LogP contribution is -2.28. The van der Waals surface area contributed by atoms with Crippen molar-refractivity contribution < 1.29 is 13.4 Å². The second-order valence-electron chi connectivity index (χ2n) is 3.09. The minimum absolute atomic E-state index is 0.158. The van der Waals surface area contributed by atoms with Crippen LogP contribution in [0.5, 0.6) is 0 Å². The van der Waals surface area contributed by atoms with Crippen molar-refractivity contribution in [2.75, 3.05) is 24.3 Å². The van der Waals surface area contributed by atoms with Crippen LogP contribution in [0, 0.1) is 5.82 Å². The van der Waals surface area contributed by atoms with E-state index in [1.165, 1.54) is 18.5 Å². The molecule has 0 saturated carbocycles. The second kappa shape index (κ2) is 5.55. The first-order chi connectivity index (χ1) is 7.52. The van der Waals surface area contributed by atoms with Gasteiger partial charge in [0.05, 0.1) is 5.56 Å². The van der Waals surface area contributed by atoms with Gasteiger partial charge in [0.15, 0.2) is 11.6 Å². The Hall–Kier alpha value is -1.50. The largest absolute Gasteiger partial charge is 0.381 e. The number of nitrogens with zero attached hydrogens (tertiary/aromatic N) is 1. The molecule has 1 rings (SSSR count). The average Bonchev–Trinajstić information content (AvgIpc) is 2.21.